The van der Waals surface area contributed by atoms with E-state index in [1.54, 1.807) is 4.40 Å². The van der Waals surface area contributed by atoms with Gasteiger partial charge >= 0.3 is 0 Å². The lowest BCUT2D eigenvalue weighted by Gasteiger charge is -2.19. The largest absolute Gasteiger partial charge is 0.306 e. The lowest BCUT2D eigenvalue weighted by Crippen LogP contribution is -2.30. The molecular weight excluding hydrogens is 298 g/mol. The molecule has 0 saturated carbocycles. The molecule has 2 aromatic heterocycles. The van der Waals surface area contributed by atoms with Crippen LogP contribution in [0.1, 0.15) is 21.6 Å². The van der Waals surface area contributed by atoms with Crippen LogP contribution in [0, 0.1) is 6.92 Å². The quantitative estimate of drug-likeness (QED) is 0.690. The second kappa shape index (κ2) is 4.85. The average Bonchev–Trinajstić information content (AvgIpc) is 3.07. The first kappa shape index (κ1) is 13.3. The third-order valence-electron chi connectivity index (χ3n) is 4.13. The molecule has 0 atom stereocenters. The summed E-state index contributed by atoms with van der Waals surface area (Å²) in [5.41, 5.74) is 4.43. The van der Waals surface area contributed by atoms with E-state index in [0.29, 0.717) is 17.9 Å². The summed E-state index contributed by atoms with van der Waals surface area (Å²) in [6.07, 6.45) is 2.69. The Morgan fingerprint density at radius 1 is 1.23 bits per heavy atom. The van der Waals surface area contributed by atoms with E-state index in [1.165, 1.54) is 5.56 Å². The number of pyridine rings is 1. The SMILES string of the molecule is Cc1cccc2c1N(C(=O)c1c(Cl)nc3ccccn13)CC2. The van der Waals surface area contributed by atoms with Crippen LogP contribution in [0.15, 0.2) is 42.6 Å². The Bertz CT molecular complexity index is 900. The third-order valence-corrected chi connectivity index (χ3v) is 4.39. The number of imidazole rings is 1. The molecule has 0 spiro atoms. The zero-order chi connectivity index (χ0) is 15.3. The standard InChI is InChI=1S/C17H14ClN3O/c1-11-5-4-6-12-8-10-21(14(11)12)17(22)15-16(18)19-13-7-2-3-9-20(13)15/h2-7,9H,8,10H2,1H3. The van der Waals surface area contributed by atoms with Crippen LogP contribution in [0.5, 0.6) is 0 Å². The number of hydrogen-bond acceptors (Lipinski definition) is 2. The highest BCUT2D eigenvalue weighted by Crippen LogP contribution is 2.33. The Kier molecular flexibility index (Phi) is 2.94. The van der Waals surface area contributed by atoms with Crippen molar-refractivity contribution in [2.24, 2.45) is 0 Å². The van der Waals surface area contributed by atoms with Crippen molar-refractivity contribution in [3.63, 3.8) is 0 Å². The van der Waals surface area contributed by atoms with Gasteiger partial charge in [-0.1, -0.05) is 35.9 Å². The molecule has 0 N–H and O–H groups in total. The van der Waals surface area contributed by atoms with Gasteiger partial charge in [-0.2, -0.15) is 0 Å². The lowest BCUT2D eigenvalue weighted by atomic mass is 10.1. The monoisotopic (exact) mass is 311 g/mol. The number of benzene rings is 1. The summed E-state index contributed by atoms with van der Waals surface area (Å²) in [5.74, 6) is -0.100. The molecule has 0 bridgehead atoms. The molecule has 0 radical (unpaired) electrons. The third kappa shape index (κ3) is 1.84. The molecule has 0 saturated heterocycles. The molecule has 3 aromatic rings. The molecule has 4 nitrogen and oxygen atoms in total. The molecule has 1 aliphatic rings. The number of aryl methyl sites for hydroxylation is 1. The van der Waals surface area contributed by atoms with Crippen molar-refractivity contribution >= 4 is 28.8 Å². The zero-order valence-corrected chi connectivity index (χ0v) is 12.8. The van der Waals surface area contributed by atoms with Gasteiger partial charge in [0.2, 0.25) is 0 Å². The highest BCUT2D eigenvalue weighted by Gasteiger charge is 2.30. The fraction of sp³-hybridized carbons (Fsp3) is 0.176. The summed E-state index contributed by atoms with van der Waals surface area (Å²) in [4.78, 5) is 19.1. The van der Waals surface area contributed by atoms with E-state index in [1.807, 2.05) is 48.4 Å². The van der Waals surface area contributed by atoms with Gasteiger partial charge in [-0.25, -0.2) is 4.98 Å². The predicted molar refractivity (Wildman–Crippen MR) is 86.8 cm³/mol. The first-order valence-electron chi connectivity index (χ1n) is 7.20. The summed E-state index contributed by atoms with van der Waals surface area (Å²) in [6, 6.07) is 11.7. The number of anilines is 1. The number of rotatable bonds is 1. The molecule has 0 unspecified atom stereocenters. The summed E-state index contributed by atoms with van der Waals surface area (Å²) >= 11 is 6.23. The van der Waals surface area contributed by atoms with Crippen LogP contribution in [0.25, 0.3) is 5.65 Å². The maximum Gasteiger partial charge on any atom is 0.278 e. The maximum absolute atomic E-state index is 13.0. The van der Waals surface area contributed by atoms with Gasteiger partial charge in [0, 0.05) is 12.7 Å². The van der Waals surface area contributed by atoms with E-state index in [-0.39, 0.29) is 11.1 Å². The molecule has 1 amide bonds. The molecular formula is C17H14ClN3O. The highest BCUT2D eigenvalue weighted by molar-refractivity contribution is 6.33. The molecule has 110 valence electrons. The van der Waals surface area contributed by atoms with E-state index in [4.69, 9.17) is 11.6 Å². The number of amides is 1. The molecule has 1 aromatic carbocycles. The Balaban J connectivity index is 1.85. The van der Waals surface area contributed by atoms with Crippen LogP contribution >= 0.6 is 11.6 Å². The highest BCUT2D eigenvalue weighted by atomic mass is 35.5. The topological polar surface area (TPSA) is 37.6 Å². The first-order valence-corrected chi connectivity index (χ1v) is 7.57. The normalized spacial score (nSPS) is 13.6. The van der Waals surface area contributed by atoms with Crippen LogP contribution in [0.4, 0.5) is 5.69 Å². The molecule has 0 fully saturated rings. The van der Waals surface area contributed by atoms with E-state index in [9.17, 15) is 4.79 Å². The molecule has 0 aliphatic carbocycles. The van der Waals surface area contributed by atoms with Gasteiger partial charge in [-0.3, -0.25) is 9.20 Å². The number of carbonyl (C=O) groups excluding carboxylic acids is 1. The van der Waals surface area contributed by atoms with Gasteiger partial charge in [0.1, 0.15) is 5.65 Å². The minimum Gasteiger partial charge on any atom is -0.306 e. The summed E-state index contributed by atoms with van der Waals surface area (Å²) in [6.45, 7) is 2.70. The fourth-order valence-electron chi connectivity index (χ4n) is 3.14. The van der Waals surface area contributed by atoms with Crippen molar-refractivity contribution in [2.75, 3.05) is 11.4 Å². The first-order chi connectivity index (χ1) is 10.7. The van der Waals surface area contributed by atoms with Crippen molar-refractivity contribution in [3.8, 4) is 0 Å². The average molecular weight is 312 g/mol. The zero-order valence-electron chi connectivity index (χ0n) is 12.1. The lowest BCUT2D eigenvalue weighted by molar-refractivity contribution is 0.0984. The van der Waals surface area contributed by atoms with Crippen LogP contribution in [-0.4, -0.2) is 21.8 Å². The summed E-state index contributed by atoms with van der Waals surface area (Å²) in [7, 11) is 0. The van der Waals surface area contributed by atoms with Crippen LogP contribution < -0.4 is 4.90 Å². The van der Waals surface area contributed by atoms with E-state index in [0.717, 1.165) is 17.7 Å². The van der Waals surface area contributed by atoms with Crippen LogP contribution in [0.2, 0.25) is 5.15 Å². The number of hydrogen-bond donors (Lipinski definition) is 0. The minimum absolute atomic E-state index is 0.100. The second-order valence-corrected chi connectivity index (χ2v) is 5.83. The van der Waals surface area contributed by atoms with Gasteiger partial charge in [0.15, 0.2) is 10.8 Å². The molecule has 22 heavy (non-hydrogen) atoms. The van der Waals surface area contributed by atoms with Crippen molar-refractivity contribution in [2.45, 2.75) is 13.3 Å². The van der Waals surface area contributed by atoms with Crippen molar-refractivity contribution in [3.05, 3.63) is 64.6 Å². The van der Waals surface area contributed by atoms with E-state index >= 15 is 0 Å². The Hall–Kier alpha value is -2.33. The predicted octanol–water partition coefficient (Wildman–Crippen LogP) is 3.50. The van der Waals surface area contributed by atoms with Crippen molar-refractivity contribution < 1.29 is 4.79 Å². The molecule has 3 heterocycles. The number of aromatic nitrogens is 2. The van der Waals surface area contributed by atoms with Crippen LogP contribution in [0.3, 0.4) is 0 Å². The van der Waals surface area contributed by atoms with Crippen molar-refractivity contribution in [1.82, 2.24) is 9.38 Å². The number of nitrogens with zero attached hydrogens (tertiary/aromatic N) is 3. The van der Waals surface area contributed by atoms with Gasteiger partial charge in [0.05, 0.1) is 5.69 Å². The minimum atomic E-state index is -0.100. The van der Waals surface area contributed by atoms with Gasteiger partial charge in [0.25, 0.3) is 5.91 Å². The second-order valence-electron chi connectivity index (χ2n) is 5.47. The Labute approximate surface area is 133 Å². The van der Waals surface area contributed by atoms with Crippen LogP contribution in [-0.2, 0) is 6.42 Å². The molecule has 4 rings (SSSR count). The number of fused-ring (bicyclic) bond motifs is 2. The van der Waals surface area contributed by atoms with E-state index < -0.39 is 0 Å². The number of carbonyl (C=O) groups is 1. The fourth-order valence-corrected chi connectivity index (χ4v) is 3.40. The number of halogens is 1. The van der Waals surface area contributed by atoms with Gasteiger partial charge in [-0.05, 0) is 36.6 Å². The molecule has 1 aliphatic heterocycles. The Morgan fingerprint density at radius 3 is 2.95 bits per heavy atom. The summed E-state index contributed by atoms with van der Waals surface area (Å²) < 4.78 is 1.75. The van der Waals surface area contributed by atoms with E-state index in [2.05, 4.69) is 11.1 Å². The van der Waals surface area contributed by atoms with Crippen molar-refractivity contribution in [1.29, 1.82) is 0 Å². The van der Waals surface area contributed by atoms with Gasteiger partial charge < -0.3 is 4.90 Å². The molecule has 5 heteroatoms. The van der Waals surface area contributed by atoms with Gasteiger partial charge in [-0.15, -0.1) is 0 Å². The Morgan fingerprint density at radius 2 is 2.09 bits per heavy atom. The maximum atomic E-state index is 13.0. The smallest absolute Gasteiger partial charge is 0.278 e. The number of para-hydroxylation sites is 1. The summed E-state index contributed by atoms with van der Waals surface area (Å²) in [5, 5.41) is 0.248.